The minimum atomic E-state index is 0.0215. The van der Waals surface area contributed by atoms with E-state index in [1.807, 2.05) is 0 Å². The van der Waals surface area contributed by atoms with E-state index < -0.39 is 0 Å². The molecule has 0 atom stereocenters. The van der Waals surface area contributed by atoms with Crippen molar-refractivity contribution in [1.82, 2.24) is 0 Å². The van der Waals surface area contributed by atoms with E-state index in [-0.39, 0.29) is 5.41 Å². The predicted octanol–water partition coefficient (Wildman–Crippen LogP) is 6.29. The lowest BCUT2D eigenvalue weighted by atomic mass is 9.87. The van der Waals surface area contributed by atoms with Gasteiger partial charge in [0, 0.05) is 11.4 Å². The van der Waals surface area contributed by atoms with Crippen LogP contribution in [0.5, 0.6) is 5.75 Å². The van der Waals surface area contributed by atoms with Crippen LogP contribution in [-0.2, 0) is 0 Å². The van der Waals surface area contributed by atoms with Crippen molar-refractivity contribution in [3.8, 4) is 5.75 Å². The average molecular weight is 318 g/mol. The van der Waals surface area contributed by atoms with Crippen LogP contribution < -0.4 is 4.74 Å². The van der Waals surface area contributed by atoms with Gasteiger partial charge in [0.05, 0.1) is 10.0 Å². The predicted molar refractivity (Wildman–Crippen MR) is 82.3 cm³/mol. The largest absolute Gasteiger partial charge is 0.458 e. The van der Waals surface area contributed by atoms with Crippen molar-refractivity contribution in [1.29, 1.82) is 0 Å². The number of ether oxygens (including phenoxy) is 1. The van der Waals surface area contributed by atoms with Gasteiger partial charge in [-0.1, -0.05) is 67.7 Å². The molecule has 0 radical (unpaired) electrons. The molecule has 0 N–H and O–H groups in total. The second-order valence-electron chi connectivity index (χ2n) is 5.49. The molecule has 1 aliphatic rings. The molecule has 0 aliphatic heterocycles. The Kier molecular flexibility index (Phi) is 4.20. The zero-order valence-electron chi connectivity index (χ0n) is 11.1. The Labute approximate surface area is 128 Å². The fourth-order valence-electron chi connectivity index (χ4n) is 2.00. The van der Waals surface area contributed by atoms with E-state index in [4.69, 9.17) is 39.5 Å². The number of allylic oxidation sites excluding steroid dienone is 3. The molecule has 1 aliphatic carbocycles. The molecule has 1 aromatic rings. The van der Waals surface area contributed by atoms with Crippen LogP contribution in [0.25, 0.3) is 0 Å². The Morgan fingerprint density at radius 1 is 1.05 bits per heavy atom. The minimum Gasteiger partial charge on any atom is -0.458 e. The quantitative estimate of drug-likeness (QED) is 0.623. The number of hydrogen-bond acceptors (Lipinski definition) is 1. The van der Waals surface area contributed by atoms with Crippen LogP contribution in [0.2, 0.25) is 15.1 Å². The molecule has 19 heavy (non-hydrogen) atoms. The molecular formula is C15H15Cl3O. The number of rotatable bonds is 2. The van der Waals surface area contributed by atoms with Crippen LogP contribution in [0.3, 0.4) is 0 Å². The van der Waals surface area contributed by atoms with Crippen LogP contribution in [-0.4, -0.2) is 0 Å². The first-order valence-corrected chi connectivity index (χ1v) is 7.15. The highest BCUT2D eigenvalue weighted by Gasteiger charge is 2.24. The van der Waals surface area contributed by atoms with Crippen LogP contribution in [0.1, 0.15) is 27.2 Å². The van der Waals surface area contributed by atoms with E-state index in [0.717, 1.165) is 17.8 Å². The number of hydrogen-bond donors (Lipinski definition) is 0. The van der Waals surface area contributed by atoms with Gasteiger partial charge in [0.25, 0.3) is 0 Å². The Balaban J connectivity index is 2.38. The lowest BCUT2D eigenvalue weighted by Gasteiger charge is -2.22. The molecule has 1 aromatic carbocycles. The molecule has 0 heterocycles. The molecule has 1 nitrogen and oxygen atoms in total. The van der Waals surface area contributed by atoms with Crippen LogP contribution >= 0.6 is 34.8 Å². The monoisotopic (exact) mass is 316 g/mol. The van der Waals surface area contributed by atoms with Gasteiger partial charge in [-0.25, -0.2) is 0 Å². The molecule has 102 valence electrons. The summed E-state index contributed by atoms with van der Waals surface area (Å²) in [7, 11) is 0. The summed E-state index contributed by atoms with van der Waals surface area (Å²) < 4.78 is 5.93. The zero-order valence-corrected chi connectivity index (χ0v) is 13.3. The molecule has 0 spiro atoms. The third-order valence-electron chi connectivity index (χ3n) is 2.88. The summed E-state index contributed by atoms with van der Waals surface area (Å²) in [6.45, 7) is 6.44. The Hall–Kier alpha value is -0.630. The van der Waals surface area contributed by atoms with Crippen molar-refractivity contribution in [2.45, 2.75) is 27.2 Å². The van der Waals surface area contributed by atoms with Gasteiger partial charge in [-0.3, -0.25) is 0 Å². The SMILES string of the molecule is CC(C)(C)C1=C(Oc2c(Cl)cc(Cl)cc2Cl)CC=C1. The fourth-order valence-corrected chi connectivity index (χ4v) is 2.90. The lowest BCUT2D eigenvalue weighted by molar-refractivity contribution is 0.390. The van der Waals surface area contributed by atoms with Gasteiger partial charge in [-0.15, -0.1) is 0 Å². The van der Waals surface area contributed by atoms with Crippen molar-refractivity contribution in [2.75, 3.05) is 0 Å². The molecule has 0 aromatic heterocycles. The zero-order chi connectivity index (χ0) is 14.2. The first-order chi connectivity index (χ1) is 8.79. The van der Waals surface area contributed by atoms with Crippen molar-refractivity contribution in [3.05, 3.63) is 50.7 Å². The van der Waals surface area contributed by atoms with E-state index in [1.54, 1.807) is 12.1 Å². The second-order valence-corrected chi connectivity index (χ2v) is 6.74. The fraction of sp³-hybridized carbons (Fsp3) is 0.333. The molecule has 0 bridgehead atoms. The summed E-state index contributed by atoms with van der Waals surface area (Å²) in [5.41, 5.74) is 1.18. The van der Waals surface area contributed by atoms with Gasteiger partial charge in [-0.05, 0) is 23.1 Å². The number of halogens is 3. The summed E-state index contributed by atoms with van der Waals surface area (Å²) >= 11 is 18.2. The van der Waals surface area contributed by atoms with Crippen LogP contribution in [0.4, 0.5) is 0 Å². The molecule has 0 fully saturated rings. The normalized spacial score (nSPS) is 15.3. The Morgan fingerprint density at radius 3 is 2.16 bits per heavy atom. The third-order valence-corrected chi connectivity index (χ3v) is 3.66. The summed E-state index contributed by atoms with van der Waals surface area (Å²) in [5, 5.41) is 1.34. The van der Waals surface area contributed by atoms with Gasteiger partial charge in [0.1, 0.15) is 5.76 Å². The second kappa shape index (κ2) is 5.40. The minimum absolute atomic E-state index is 0.0215. The van der Waals surface area contributed by atoms with Crippen molar-refractivity contribution >= 4 is 34.8 Å². The van der Waals surface area contributed by atoms with Crippen LogP contribution in [0.15, 0.2) is 35.6 Å². The average Bonchev–Trinajstić information content (AvgIpc) is 2.70. The van der Waals surface area contributed by atoms with E-state index in [0.29, 0.717) is 20.8 Å². The standard InChI is InChI=1S/C15H15Cl3O/c1-15(2,3)10-5-4-6-13(10)19-14-11(17)7-9(16)8-12(14)18/h4-5,7-8H,6H2,1-3H3. The van der Waals surface area contributed by atoms with Gasteiger partial charge >= 0.3 is 0 Å². The highest BCUT2D eigenvalue weighted by Crippen LogP contribution is 2.41. The first kappa shape index (κ1) is 14.8. The topological polar surface area (TPSA) is 9.23 Å². The third kappa shape index (κ3) is 3.28. The van der Waals surface area contributed by atoms with E-state index in [2.05, 4.69) is 32.9 Å². The van der Waals surface area contributed by atoms with Gasteiger partial charge in [-0.2, -0.15) is 0 Å². The summed E-state index contributed by atoms with van der Waals surface area (Å²) in [5.74, 6) is 1.35. The number of benzene rings is 1. The maximum atomic E-state index is 6.14. The molecule has 2 rings (SSSR count). The molecule has 0 saturated carbocycles. The van der Waals surface area contributed by atoms with Crippen LogP contribution in [0, 0.1) is 5.41 Å². The maximum absolute atomic E-state index is 6.14. The van der Waals surface area contributed by atoms with E-state index in [9.17, 15) is 0 Å². The molecule has 4 heteroatoms. The molecule has 0 unspecified atom stereocenters. The van der Waals surface area contributed by atoms with Gasteiger partial charge in [0.2, 0.25) is 0 Å². The van der Waals surface area contributed by atoms with Crippen molar-refractivity contribution in [3.63, 3.8) is 0 Å². The lowest BCUT2D eigenvalue weighted by Crippen LogP contribution is -2.11. The summed E-state index contributed by atoms with van der Waals surface area (Å²) in [6, 6.07) is 3.26. The summed E-state index contributed by atoms with van der Waals surface area (Å²) in [4.78, 5) is 0. The Morgan fingerprint density at radius 2 is 1.63 bits per heavy atom. The van der Waals surface area contributed by atoms with Gasteiger partial charge in [0.15, 0.2) is 5.75 Å². The Bertz CT molecular complexity index is 542. The highest BCUT2D eigenvalue weighted by molar-refractivity contribution is 6.40. The highest BCUT2D eigenvalue weighted by atomic mass is 35.5. The van der Waals surface area contributed by atoms with E-state index in [1.165, 1.54) is 0 Å². The first-order valence-electron chi connectivity index (χ1n) is 6.01. The molecule has 0 saturated heterocycles. The van der Waals surface area contributed by atoms with Crippen molar-refractivity contribution in [2.24, 2.45) is 5.41 Å². The molecular weight excluding hydrogens is 303 g/mol. The summed E-state index contributed by atoms with van der Waals surface area (Å²) in [6.07, 6.45) is 4.92. The maximum Gasteiger partial charge on any atom is 0.164 e. The van der Waals surface area contributed by atoms with Crippen molar-refractivity contribution < 1.29 is 4.74 Å². The molecule has 0 amide bonds. The smallest absolute Gasteiger partial charge is 0.164 e. The van der Waals surface area contributed by atoms with Gasteiger partial charge < -0.3 is 4.74 Å². The van der Waals surface area contributed by atoms with E-state index >= 15 is 0 Å².